The van der Waals surface area contributed by atoms with E-state index < -0.39 is 5.97 Å². The van der Waals surface area contributed by atoms with Gasteiger partial charge >= 0.3 is 5.97 Å². The Morgan fingerprint density at radius 1 is 1.50 bits per heavy atom. The van der Waals surface area contributed by atoms with Gasteiger partial charge in [-0.2, -0.15) is 0 Å². The van der Waals surface area contributed by atoms with Gasteiger partial charge in [-0.25, -0.2) is 0 Å². The number of nitrogens with two attached hydrogens (primary N) is 1. The number of hydrogen-bond acceptors (Lipinski definition) is 3. The predicted molar refractivity (Wildman–Crippen MR) is 62.0 cm³/mol. The Morgan fingerprint density at radius 2 is 2.31 bits per heavy atom. The molecule has 0 spiro atoms. The maximum Gasteiger partial charge on any atom is 0.306 e. The van der Waals surface area contributed by atoms with Crippen LogP contribution in [0.1, 0.15) is 24.4 Å². The van der Waals surface area contributed by atoms with Crippen LogP contribution in [0.5, 0.6) is 0 Å². The second kappa shape index (κ2) is 4.53. The number of benzene rings is 1. The standard InChI is InChI=1S/C12H16N2O2/c13-10-3-1-2-8(6-10)11-7-9(12(15)16)4-5-14-11/h1-3,6,9,11,14H,4-5,7,13H2,(H,15,16). The van der Waals surface area contributed by atoms with E-state index in [2.05, 4.69) is 5.32 Å². The largest absolute Gasteiger partial charge is 0.481 e. The molecule has 4 heteroatoms. The summed E-state index contributed by atoms with van der Waals surface area (Å²) in [6, 6.07) is 7.73. The number of carboxylic acids is 1. The van der Waals surface area contributed by atoms with E-state index in [1.807, 2.05) is 24.3 Å². The van der Waals surface area contributed by atoms with Crippen LogP contribution in [-0.2, 0) is 4.79 Å². The fourth-order valence-corrected chi connectivity index (χ4v) is 2.17. The van der Waals surface area contributed by atoms with E-state index in [0.717, 1.165) is 17.8 Å². The van der Waals surface area contributed by atoms with Crippen LogP contribution >= 0.6 is 0 Å². The molecule has 16 heavy (non-hydrogen) atoms. The molecule has 1 fully saturated rings. The first-order chi connectivity index (χ1) is 7.66. The molecule has 1 saturated heterocycles. The molecule has 0 saturated carbocycles. The number of nitrogens with one attached hydrogen (secondary N) is 1. The summed E-state index contributed by atoms with van der Waals surface area (Å²) in [5.74, 6) is -0.942. The van der Waals surface area contributed by atoms with Crippen molar-refractivity contribution in [2.75, 3.05) is 12.3 Å². The van der Waals surface area contributed by atoms with Gasteiger partial charge in [0.15, 0.2) is 0 Å². The molecule has 0 aliphatic carbocycles. The molecule has 1 aromatic carbocycles. The van der Waals surface area contributed by atoms with Crippen LogP contribution in [0.15, 0.2) is 24.3 Å². The highest BCUT2D eigenvalue weighted by Gasteiger charge is 2.27. The number of hydrogen-bond donors (Lipinski definition) is 3. The van der Waals surface area contributed by atoms with Crippen molar-refractivity contribution < 1.29 is 9.90 Å². The van der Waals surface area contributed by atoms with Gasteiger partial charge in [0.2, 0.25) is 0 Å². The first-order valence-corrected chi connectivity index (χ1v) is 5.48. The summed E-state index contributed by atoms with van der Waals surface area (Å²) in [5.41, 5.74) is 7.51. The van der Waals surface area contributed by atoms with E-state index in [0.29, 0.717) is 12.8 Å². The Kier molecular flexibility index (Phi) is 3.10. The quantitative estimate of drug-likeness (QED) is 0.658. The van der Waals surface area contributed by atoms with Gasteiger partial charge in [-0.1, -0.05) is 12.1 Å². The van der Waals surface area contributed by atoms with Gasteiger partial charge in [0, 0.05) is 11.7 Å². The number of piperidine rings is 1. The minimum Gasteiger partial charge on any atom is -0.481 e. The van der Waals surface area contributed by atoms with Gasteiger partial charge < -0.3 is 16.2 Å². The Labute approximate surface area is 94.5 Å². The van der Waals surface area contributed by atoms with Crippen LogP contribution in [0, 0.1) is 5.92 Å². The van der Waals surface area contributed by atoms with Crippen LogP contribution in [0.25, 0.3) is 0 Å². The first kappa shape index (κ1) is 11.0. The van der Waals surface area contributed by atoms with Crippen LogP contribution < -0.4 is 11.1 Å². The van der Waals surface area contributed by atoms with E-state index in [4.69, 9.17) is 10.8 Å². The lowest BCUT2D eigenvalue weighted by molar-refractivity contribution is -0.143. The molecule has 1 aliphatic heterocycles. The number of anilines is 1. The van der Waals surface area contributed by atoms with Gasteiger partial charge in [-0.15, -0.1) is 0 Å². The summed E-state index contributed by atoms with van der Waals surface area (Å²) in [7, 11) is 0. The fourth-order valence-electron chi connectivity index (χ4n) is 2.17. The smallest absolute Gasteiger partial charge is 0.306 e. The fraction of sp³-hybridized carbons (Fsp3) is 0.417. The first-order valence-electron chi connectivity index (χ1n) is 5.48. The zero-order valence-electron chi connectivity index (χ0n) is 9.02. The Hall–Kier alpha value is -1.55. The van der Waals surface area contributed by atoms with Crippen molar-refractivity contribution in [1.29, 1.82) is 0 Å². The molecule has 2 atom stereocenters. The summed E-state index contributed by atoms with van der Waals surface area (Å²) < 4.78 is 0. The Morgan fingerprint density at radius 3 is 3.00 bits per heavy atom. The lowest BCUT2D eigenvalue weighted by atomic mass is 9.89. The highest BCUT2D eigenvalue weighted by Crippen LogP contribution is 2.28. The van der Waals surface area contributed by atoms with Gasteiger partial charge in [0.05, 0.1) is 5.92 Å². The molecule has 86 valence electrons. The SMILES string of the molecule is Nc1cccc(C2CC(C(=O)O)CCN2)c1. The van der Waals surface area contributed by atoms with E-state index >= 15 is 0 Å². The van der Waals surface area contributed by atoms with Crippen molar-refractivity contribution in [1.82, 2.24) is 5.32 Å². The van der Waals surface area contributed by atoms with E-state index in [-0.39, 0.29) is 12.0 Å². The minimum absolute atomic E-state index is 0.110. The Balaban J connectivity index is 2.12. The van der Waals surface area contributed by atoms with Gasteiger partial charge in [-0.3, -0.25) is 4.79 Å². The summed E-state index contributed by atoms with van der Waals surface area (Å²) in [5, 5.41) is 12.3. The van der Waals surface area contributed by atoms with Crippen molar-refractivity contribution in [3.8, 4) is 0 Å². The molecule has 1 aromatic rings. The van der Waals surface area contributed by atoms with Gasteiger partial charge in [-0.05, 0) is 37.1 Å². The van der Waals surface area contributed by atoms with E-state index in [9.17, 15) is 4.79 Å². The number of carboxylic acid groups (broad SMARTS) is 1. The topological polar surface area (TPSA) is 75.4 Å². The van der Waals surface area contributed by atoms with Crippen LogP contribution in [-0.4, -0.2) is 17.6 Å². The molecule has 2 unspecified atom stereocenters. The van der Waals surface area contributed by atoms with Crippen LogP contribution in [0.3, 0.4) is 0 Å². The van der Waals surface area contributed by atoms with Crippen molar-refractivity contribution in [3.63, 3.8) is 0 Å². The molecule has 4 N–H and O–H groups in total. The summed E-state index contributed by atoms with van der Waals surface area (Å²) >= 11 is 0. The maximum atomic E-state index is 10.9. The average Bonchev–Trinajstić information content (AvgIpc) is 2.29. The molecule has 2 rings (SSSR count). The molecule has 4 nitrogen and oxygen atoms in total. The molecular weight excluding hydrogens is 204 g/mol. The molecular formula is C12H16N2O2. The monoisotopic (exact) mass is 220 g/mol. The van der Waals surface area contributed by atoms with Crippen molar-refractivity contribution in [2.45, 2.75) is 18.9 Å². The maximum absolute atomic E-state index is 10.9. The highest BCUT2D eigenvalue weighted by atomic mass is 16.4. The lowest BCUT2D eigenvalue weighted by Crippen LogP contribution is -2.34. The molecule has 0 aromatic heterocycles. The number of nitrogen functional groups attached to an aromatic ring is 1. The minimum atomic E-state index is -0.699. The van der Waals surface area contributed by atoms with E-state index in [1.165, 1.54) is 0 Å². The number of aliphatic carboxylic acids is 1. The highest BCUT2D eigenvalue weighted by molar-refractivity contribution is 5.70. The third-order valence-electron chi connectivity index (χ3n) is 3.07. The lowest BCUT2D eigenvalue weighted by Gasteiger charge is -2.28. The summed E-state index contributed by atoms with van der Waals surface area (Å²) in [6.07, 6.45) is 1.34. The Bertz CT molecular complexity index is 392. The van der Waals surface area contributed by atoms with Crippen molar-refractivity contribution >= 4 is 11.7 Å². The number of rotatable bonds is 2. The number of carbonyl (C=O) groups is 1. The van der Waals surface area contributed by atoms with Crippen LogP contribution in [0.2, 0.25) is 0 Å². The molecule has 0 bridgehead atoms. The van der Waals surface area contributed by atoms with Gasteiger partial charge in [0.1, 0.15) is 0 Å². The molecule has 1 aliphatic rings. The second-order valence-corrected chi connectivity index (χ2v) is 4.24. The summed E-state index contributed by atoms with van der Waals surface area (Å²) in [6.45, 7) is 0.746. The van der Waals surface area contributed by atoms with Crippen molar-refractivity contribution in [3.05, 3.63) is 29.8 Å². The van der Waals surface area contributed by atoms with Crippen LogP contribution in [0.4, 0.5) is 5.69 Å². The van der Waals surface area contributed by atoms with Crippen molar-refractivity contribution in [2.24, 2.45) is 5.92 Å². The zero-order chi connectivity index (χ0) is 11.5. The third-order valence-corrected chi connectivity index (χ3v) is 3.07. The molecule has 1 heterocycles. The third kappa shape index (κ3) is 2.33. The second-order valence-electron chi connectivity index (χ2n) is 4.24. The zero-order valence-corrected chi connectivity index (χ0v) is 9.02. The molecule has 0 radical (unpaired) electrons. The average molecular weight is 220 g/mol. The normalized spacial score (nSPS) is 25.2. The molecule has 0 amide bonds. The van der Waals surface area contributed by atoms with Gasteiger partial charge in [0.25, 0.3) is 0 Å². The van der Waals surface area contributed by atoms with E-state index in [1.54, 1.807) is 0 Å². The summed E-state index contributed by atoms with van der Waals surface area (Å²) in [4.78, 5) is 10.9. The predicted octanol–water partition coefficient (Wildman–Crippen LogP) is 1.39.